The molecule has 2 amide bonds. The van der Waals surface area contributed by atoms with Gasteiger partial charge in [-0.2, -0.15) is 0 Å². The first-order chi connectivity index (χ1) is 18.4. The van der Waals surface area contributed by atoms with Crippen molar-refractivity contribution < 1.29 is 18.0 Å². The van der Waals surface area contributed by atoms with E-state index in [0.29, 0.717) is 6.54 Å². The van der Waals surface area contributed by atoms with Gasteiger partial charge < -0.3 is 10.2 Å². The molecule has 0 heterocycles. The van der Waals surface area contributed by atoms with Crippen molar-refractivity contribution in [3.05, 3.63) is 94.0 Å². The molecule has 0 aliphatic heterocycles. The first-order valence-corrected chi connectivity index (χ1v) is 14.8. The summed E-state index contributed by atoms with van der Waals surface area (Å²) in [5.74, 6) is -0.642. The zero-order chi connectivity index (χ0) is 28.7. The van der Waals surface area contributed by atoms with Gasteiger partial charge in [0.1, 0.15) is 12.6 Å². The molecule has 0 aliphatic rings. The average molecular weight is 591 g/mol. The molecule has 7 nitrogen and oxygen atoms in total. The molecule has 0 aliphatic carbocycles. The zero-order valence-electron chi connectivity index (χ0n) is 22.4. The summed E-state index contributed by atoms with van der Waals surface area (Å²) in [4.78, 5) is 28.4. The summed E-state index contributed by atoms with van der Waals surface area (Å²) in [6.45, 7) is 7.54. The highest BCUT2D eigenvalue weighted by Crippen LogP contribution is 2.31. The van der Waals surface area contributed by atoms with E-state index in [9.17, 15) is 18.0 Å². The van der Waals surface area contributed by atoms with Crippen LogP contribution in [0.2, 0.25) is 10.0 Å². The third kappa shape index (κ3) is 7.75. The first kappa shape index (κ1) is 30.5. The Morgan fingerprint density at radius 3 is 2.15 bits per heavy atom. The van der Waals surface area contributed by atoms with Gasteiger partial charge in [-0.25, -0.2) is 8.42 Å². The average Bonchev–Trinajstić information content (AvgIpc) is 2.91. The number of aryl methyl sites for hydroxylation is 1. The normalized spacial score (nSPS) is 12.2. The molecule has 39 heavy (non-hydrogen) atoms. The molecule has 0 spiro atoms. The van der Waals surface area contributed by atoms with E-state index in [1.165, 1.54) is 35.2 Å². The van der Waals surface area contributed by atoms with E-state index in [1.54, 1.807) is 25.1 Å². The van der Waals surface area contributed by atoms with Crippen LogP contribution in [0, 0.1) is 12.8 Å². The minimum Gasteiger partial charge on any atom is -0.354 e. The van der Waals surface area contributed by atoms with Gasteiger partial charge in [0, 0.05) is 13.1 Å². The predicted octanol–water partition coefficient (Wildman–Crippen LogP) is 5.69. The van der Waals surface area contributed by atoms with E-state index in [-0.39, 0.29) is 39.0 Å². The quantitative estimate of drug-likeness (QED) is 0.311. The molecule has 3 rings (SSSR count). The van der Waals surface area contributed by atoms with E-state index >= 15 is 0 Å². The summed E-state index contributed by atoms with van der Waals surface area (Å²) in [7, 11) is -4.18. The molecule has 0 radical (unpaired) electrons. The van der Waals surface area contributed by atoms with Crippen molar-refractivity contribution in [2.75, 3.05) is 17.4 Å². The maximum Gasteiger partial charge on any atom is 0.264 e. The lowest BCUT2D eigenvalue weighted by atomic mass is 10.1. The molecule has 0 saturated heterocycles. The fourth-order valence-corrected chi connectivity index (χ4v) is 5.61. The van der Waals surface area contributed by atoms with Gasteiger partial charge in [0.15, 0.2) is 0 Å². The van der Waals surface area contributed by atoms with Gasteiger partial charge in [-0.3, -0.25) is 13.9 Å². The number of carbonyl (C=O) groups is 2. The number of amides is 2. The molecular weight excluding hydrogens is 557 g/mol. The molecule has 1 atom stereocenters. The highest BCUT2D eigenvalue weighted by molar-refractivity contribution is 7.92. The van der Waals surface area contributed by atoms with Crippen molar-refractivity contribution in [3.63, 3.8) is 0 Å². The molecule has 0 saturated carbocycles. The molecule has 0 fully saturated rings. The summed E-state index contributed by atoms with van der Waals surface area (Å²) in [5.41, 5.74) is 1.97. The summed E-state index contributed by atoms with van der Waals surface area (Å²) in [6, 6.07) is 18.9. The first-order valence-electron chi connectivity index (χ1n) is 12.6. The van der Waals surface area contributed by atoms with Crippen LogP contribution in [0.3, 0.4) is 0 Å². The van der Waals surface area contributed by atoms with Crippen LogP contribution in [0.4, 0.5) is 5.69 Å². The van der Waals surface area contributed by atoms with Gasteiger partial charge in [0.25, 0.3) is 10.0 Å². The number of anilines is 1. The van der Waals surface area contributed by atoms with Crippen molar-refractivity contribution in [3.8, 4) is 0 Å². The number of nitrogens with zero attached hydrogens (tertiary/aromatic N) is 2. The second kappa shape index (κ2) is 13.3. The largest absolute Gasteiger partial charge is 0.354 e. The minimum absolute atomic E-state index is 0.0112. The summed E-state index contributed by atoms with van der Waals surface area (Å²) in [5, 5.41) is 3.27. The number of hydrogen-bond donors (Lipinski definition) is 1. The van der Waals surface area contributed by atoms with E-state index in [0.717, 1.165) is 15.4 Å². The number of benzene rings is 3. The van der Waals surface area contributed by atoms with Crippen LogP contribution >= 0.6 is 23.2 Å². The number of hydrogen-bond acceptors (Lipinski definition) is 4. The molecule has 3 aromatic carbocycles. The van der Waals surface area contributed by atoms with E-state index < -0.39 is 28.5 Å². The molecule has 1 N–H and O–H groups in total. The Labute approximate surface area is 240 Å². The van der Waals surface area contributed by atoms with Crippen molar-refractivity contribution in [2.45, 2.75) is 45.2 Å². The van der Waals surface area contributed by atoms with Gasteiger partial charge in [0.05, 0.1) is 20.6 Å². The van der Waals surface area contributed by atoms with Gasteiger partial charge >= 0.3 is 0 Å². The summed E-state index contributed by atoms with van der Waals surface area (Å²) in [6.07, 6.45) is 0. The molecule has 0 aromatic heterocycles. The number of carbonyl (C=O) groups excluding carboxylic acids is 2. The lowest BCUT2D eigenvalue weighted by Crippen LogP contribution is -2.51. The molecule has 3 aromatic rings. The Morgan fingerprint density at radius 2 is 1.54 bits per heavy atom. The third-order valence-electron chi connectivity index (χ3n) is 6.26. The van der Waals surface area contributed by atoms with Crippen LogP contribution in [0.25, 0.3) is 0 Å². The lowest BCUT2D eigenvalue weighted by molar-refractivity contribution is -0.139. The monoisotopic (exact) mass is 589 g/mol. The van der Waals surface area contributed by atoms with Crippen LogP contribution < -0.4 is 9.62 Å². The van der Waals surface area contributed by atoms with Gasteiger partial charge in [-0.05, 0) is 61.2 Å². The van der Waals surface area contributed by atoms with Crippen LogP contribution in [0.15, 0.2) is 77.7 Å². The van der Waals surface area contributed by atoms with Gasteiger partial charge in [-0.1, -0.05) is 79.5 Å². The van der Waals surface area contributed by atoms with E-state index in [1.807, 2.05) is 45.0 Å². The Hall–Kier alpha value is -3.07. The maximum atomic E-state index is 13.9. The number of halogens is 2. The fourth-order valence-electron chi connectivity index (χ4n) is 3.89. The Morgan fingerprint density at radius 1 is 0.897 bits per heavy atom. The number of rotatable bonds is 11. The second-order valence-corrected chi connectivity index (χ2v) is 12.4. The van der Waals surface area contributed by atoms with Crippen molar-refractivity contribution in [2.24, 2.45) is 5.92 Å². The highest BCUT2D eigenvalue weighted by Gasteiger charge is 2.33. The predicted molar refractivity (Wildman–Crippen MR) is 156 cm³/mol. The molecule has 10 heteroatoms. The second-order valence-electron chi connectivity index (χ2n) is 9.69. The van der Waals surface area contributed by atoms with Crippen LogP contribution in [-0.4, -0.2) is 44.3 Å². The smallest absolute Gasteiger partial charge is 0.264 e. The standard InChI is InChI=1S/C29H33Cl2N3O4S/c1-20(2)17-32-29(36)22(4)33(18-23-11-9-8-10-21(23)3)28(35)19-34(24-14-15-26(30)27(31)16-24)39(37,38)25-12-6-5-7-13-25/h5-16,20,22H,17-19H2,1-4H3,(H,32,36)/t22-/m0/s1. The topological polar surface area (TPSA) is 86.8 Å². The highest BCUT2D eigenvalue weighted by atomic mass is 35.5. The van der Waals surface area contributed by atoms with Crippen LogP contribution in [-0.2, 0) is 26.2 Å². The summed E-state index contributed by atoms with van der Waals surface area (Å²) < 4.78 is 28.6. The summed E-state index contributed by atoms with van der Waals surface area (Å²) >= 11 is 12.3. The maximum absolute atomic E-state index is 13.9. The lowest BCUT2D eigenvalue weighted by Gasteiger charge is -2.32. The number of nitrogens with one attached hydrogen (secondary N) is 1. The SMILES string of the molecule is Cc1ccccc1CN(C(=O)CN(c1ccc(Cl)c(Cl)c1)S(=O)(=O)c1ccccc1)[C@@H](C)C(=O)NCC(C)C. The minimum atomic E-state index is -4.18. The van der Waals surface area contributed by atoms with Crippen LogP contribution in [0.5, 0.6) is 0 Å². The van der Waals surface area contributed by atoms with Crippen molar-refractivity contribution >= 4 is 50.7 Å². The Bertz CT molecular complexity index is 1420. The molecule has 0 unspecified atom stereocenters. The number of sulfonamides is 1. The Kier molecular flexibility index (Phi) is 10.4. The molecule has 0 bridgehead atoms. The Balaban J connectivity index is 2.03. The third-order valence-corrected chi connectivity index (χ3v) is 8.78. The van der Waals surface area contributed by atoms with E-state index in [2.05, 4.69) is 5.32 Å². The van der Waals surface area contributed by atoms with E-state index in [4.69, 9.17) is 23.2 Å². The van der Waals surface area contributed by atoms with Crippen molar-refractivity contribution in [1.82, 2.24) is 10.2 Å². The van der Waals surface area contributed by atoms with Crippen molar-refractivity contribution in [1.29, 1.82) is 0 Å². The van der Waals surface area contributed by atoms with Gasteiger partial charge in [-0.15, -0.1) is 0 Å². The van der Waals surface area contributed by atoms with Gasteiger partial charge in [0.2, 0.25) is 11.8 Å². The zero-order valence-corrected chi connectivity index (χ0v) is 24.7. The van der Waals surface area contributed by atoms with Crippen LogP contribution in [0.1, 0.15) is 31.9 Å². The molecule has 208 valence electrons. The molecular formula is C29H33Cl2N3O4S. The fraction of sp³-hybridized carbons (Fsp3) is 0.310.